The van der Waals surface area contributed by atoms with Gasteiger partial charge >= 0.3 is 0 Å². The quantitative estimate of drug-likeness (QED) is 0.634. The Morgan fingerprint density at radius 2 is 1.91 bits per heavy atom. The van der Waals surface area contributed by atoms with Gasteiger partial charge in [0.2, 0.25) is 0 Å². The molecule has 0 fully saturated rings. The van der Waals surface area contributed by atoms with Crippen LogP contribution < -0.4 is 5.32 Å². The van der Waals surface area contributed by atoms with E-state index in [1.165, 1.54) is 5.56 Å². The Labute approximate surface area is 137 Å². The van der Waals surface area contributed by atoms with Gasteiger partial charge in [0, 0.05) is 32.5 Å². The van der Waals surface area contributed by atoms with E-state index >= 15 is 0 Å². The summed E-state index contributed by atoms with van der Waals surface area (Å²) < 4.78 is 0. The van der Waals surface area contributed by atoms with Crippen LogP contribution in [0.4, 0.5) is 0 Å². The van der Waals surface area contributed by atoms with Crippen LogP contribution in [0.5, 0.6) is 0 Å². The summed E-state index contributed by atoms with van der Waals surface area (Å²) in [6, 6.07) is 13.9. The van der Waals surface area contributed by atoms with E-state index in [1.807, 2.05) is 32.2 Å². The molecule has 1 unspecified atom stereocenters. The highest BCUT2D eigenvalue weighted by Gasteiger charge is 2.10. The second kappa shape index (κ2) is 8.90. The number of rotatable bonds is 6. The predicted octanol–water partition coefficient (Wildman–Crippen LogP) is 2.21. The van der Waals surface area contributed by atoms with Crippen LogP contribution in [0.25, 0.3) is 0 Å². The van der Waals surface area contributed by atoms with Crippen molar-refractivity contribution in [2.24, 2.45) is 4.99 Å². The number of nitrogens with zero attached hydrogens (tertiary/aromatic N) is 3. The Morgan fingerprint density at radius 3 is 2.57 bits per heavy atom. The maximum atomic E-state index is 10.2. The average molecular weight is 312 g/mol. The lowest BCUT2D eigenvalue weighted by atomic mass is 10.1. The van der Waals surface area contributed by atoms with Gasteiger partial charge in [0.15, 0.2) is 5.96 Å². The molecule has 0 radical (unpaired) electrons. The molecule has 0 aliphatic heterocycles. The highest BCUT2D eigenvalue weighted by Crippen LogP contribution is 2.11. The third-order valence-corrected chi connectivity index (χ3v) is 3.46. The molecule has 0 saturated heterocycles. The van der Waals surface area contributed by atoms with Gasteiger partial charge in [0.25, 0.3) is 0 Å². The molecule has 2 rings (SSSR count). The number of aliphatic hydroxyl groups excluding tert-OH is 1. The van der Waals surface area contributed by atoms with Crippen molar-refractivity contribution in [1.82, 2.24) is 15.2 Å². The van der Waals surface area contributed by atoms with Crippen LogP contribution in [0.15, 0.2) is 59.9 Å². The largest absolute Gasteiger partial charge is 0.386 e. The fourth-order valence-electron chi connectivity index (χ4n) is 2.27. The Hall–Kier alpha value is -2.40. The first-order valence-electron chi connectivity index (χ1n) is 7.82. The number of aliphatic hydroxyl groups is 1. The molecule has 2 N–H and O–H groups in total. The van der Waals surface area contributed by atoms with Gasteiger partial charge in [0.1, 0.15) is 0 Å². The zero-order valence-corrected chi connectivity index (χ0v) is 13.7. The summed E-state index contributed by atoms with van der Waals surface area (Å²) in [4.78, 5) is 10.6. The van der Waals surface area contributed by atoms with Gasteiger partial charge in [-0.2, -0.15) is 0 Å². The first-order valence-corrected chi connectivity index (χ1v) is 7.82. The zero-order valence-electron chi connectivity index (χ0n) is 13.7. The average Bonchev–Trinajstić information content (AvgIpc) is 2.60. The summed E-state index contributed by atoms with van der Waals surface area (Å²) in [6.45, 7) is 3.89. The number of hydrogen-bond acceptors (Lipinski definition) is 3. The molecule has 122 valence electrons. The molecule has 0 aliphatic rings. The normalized spacial score (nSPS) is 12.7. The zero-order chi connectivity index (χ0) is 16.5. The first kappa shape index (κ1) is 17.0. The minimum atomic E-state index is -0.628. The molecule has 0 amide bonds. The standard InChI is InChI=1S/C18H24N4O/c1-3-20-18(22(2)14-15-7-5-4-6-8-15)21-13-17(23)16-9-11-19-12-10-16/h4-12,17,23H,3,13-14H2,1-2H3,(H,20,21). The molecule has 0 bridgehead atoms. The van der Waals surface area contributed by atoms with Crippen LogP contribution in [0, 0.1) is 0 Å². The lowest BCUT2D eigenvalue weighted by Gasteiger charge is -2.22. The van der Waals surface area contributed by atoms with Crippen LogP contribution in [-0.4, -0.2) is 41.1 Å². The van der Waals surface area contributed by atoms with Crippen molar-refractivity contribution in [2.45, 2.75) is 19.6 Å². The minimum absolute atomic E-state index is 0.311. The monoisotopic (exact) mass is 312 g/mol. The fraction of sp³-hybridized carbons (Fsp3) is 0.333. The van der Waals surface area contributed by atoms with Crippen LogP contribution in [0.2, 0.25) is 0 Å². The predicted molar refractivity (Wildman–Crippen MR) is 93.1 cm³/mol. The molecular formula is C18H24N4O. The fourth-order valence-corrected chi connectivity index (χ4v) is 2.27. The van der Waals surface area contributed by atoms with Crippen molar-refractivity contribution in [2.75, 3.05) is 20.1 Å². The highest BCUT2D eigenvalue weighted by molar-refractivity contribution is 5.79. The summed E-state index contributed by atoms with van der Waals surface area (Å²) >= 11 is 0. The van der Waals surface area contributed by atoms with Crippen LogP contribution in [0.1, 0.15) is 24.2 Å². The first-order chi connectivity index (χ1) is 11.2. The third kappa shape index (κ3) is 5.38. The number of nitrogens with one attached hydrogen (secondary N) is 1. The number of hydrogen-bond donors (Lipinski definition) is 2. The molecule has 5 heteroatoms. The van der Waals surface area contributed by atoms with Gasteiger partial charge in [-0.25, -0.2) is 0 Å². The van der Waals surface area contributed by atoms with Crippen molar-refractivity contribution in [1.29, 1.82) is 0 Å². The maximum Gasteiger partial charge on any atom is 0.194 e. The maximum absolute atomic E-state index is 10.2. The Morgan fingerprint density at radius 1 is 1.22 bits per heavy atom. The van der Waals surface area contributed by atoms with E-state index in [9.17, 15) is 5.11 Å². The summed E-state index contributed by atoms with van der Waals surface area (Å²) in [5.74, 6) is 0.782. The van der Waals surface area contributed by atoms with Gasteiger partial charge in [-0.05, 0) is 30.2 Å². The molecule has 1 aromatic carbocycles. The minimum Gasteiger partial charge on any atom is -0.386 e. The van der Waals surface area contributed by atoms with Crippen LogP contribution in [-0.2, 0) is 6.54 Å². The SMILES string of the molecule is CCNC(=NCC(O)c1ccncc1)N(C)Cc1ccccc1. The van der Waals surface area contributed by atoms with Gasteiger partial charge in [-0.3, -0.25) is 9.98 Å². The van der Waals surface area contributed by atoms with E-state index in [4.69, 9.17) is 0 Å². The van der Waals surface area contributed by atoms with E-state index in [2.05, 4.69) is 32.3 Å². The topological polar surface area (TPSA) is 60.8 Å². The molecule has 1 aromatic heterocycles. The molecule has 1 atom stereocenters. The van der Waals surface area contributed by atoms with Crippen molar-refractivity contribution < 1.29 is 5.11 Å². The number of benzene rings is 1. The Balaban J connectivity index is 2.01. The van der Waals surface area contributed by atoms with E-state index in [0.29, 0.717) is 6.54 Å². The van der Waals surface area contributed by atoms with Crippen LogP contribution in [0.3, 0.4) is 0 Å². The van der Waals surface area contributed by atoms with E-state index in [1.54, 1.807) is 24.5 Å². The molecule has 23 heavy (non-hydrogen) atoms. The third-order valence-electron chi connectivity index (χ3n) is 3.46. The van der Waals surface area contributed by atoms with Crippen molar-refractivity contribution in [3.05, 3.63) is 66.0 Å². The van der Waals surface area contributed by atoms with Gasteiger partial charge in [-0.1, -0.05) is 30.3 Å². The van der Waals surface area contributed by atoms with E-state index in [-0.39, 0.29) is 0 Å². The van der Waals surface area contributed by atoms with Crippen molar-refractivity contribution >= 4 is 5.96 Å². The summed E-state index contributed by atoms with van der Waals surface area (Å²) in [7, 11) is 1.99. The number of aliphatic imine (C=N–C) groups is 1. The van der Waals surface area contributed by atoms with Crippen LogP contribution >= 0.6 is 0 Å². The van der Waals surface area contributed by atoms with Gasteiger partial charge in [0.05, 0.1) is 12.6 Å². The summed E-state index contributed by atoms with van der Waals surface area (Å²) in [5, 5.41) is 13.5. The number of pyridine rings is 1. The molecule has 2 aromatic rings. The van der Waals surface area contributed by atoms with Crippen molar-refractivity contribution in [3.63, 3.8) is 0 Å². The van der Waals surface area contributed by atoms with E-state index < -0.39 is 6.10 Å². The molecule has 0 aliphatic carbocycles. The molecule has 0 spiro atoms. The number of aromatic nitrogens is 1. The number of guanidine groups is 1. The van der Waals surface area contributed by atoms with Crippen molar-refractivity contribution in [3.8, 4) is 0 Å². The smallest absolute Gasteiger partial charge is 0.194 e. The lowest BCUT2D eigenvalue weighted by Crippen LogP contribution is -2.38. The van der Waals surface area contributed by atoms with E-state index in [0.717, 1.165) is 24.6 Å². The molecule has 5 nitrogen and oxygen atoms in total. The van der Waals surface area contributed by atoms with Gasteiger partial charge < -0.3 is 15.3 Å². The Bertz CT molecular complexity index is 601. The summed E-state index contributed by atoms with van der Waals surface area (Å²) in [6.07, 6.45) is 2.72. The van der Waals surface area contributed by atoms with Gasteiger partial charge in [-0.15, -0.1) is 0 Å². The second-order valence-corrected chi connectivity index (χ2v) is 5.33. The Kier molecular flexibility index (Phi) is 6.56. The molecule has 1 heterocycles. The lowest BCUT2D eigenvalue weighted by molar-refractivity contribution is 0.186. The second-order valence-electron chi connectivity index (χ2n) is 5.33. The molecule has 0 saturated carbocycles. The summed E-state index contributed by atoms with van der Waals surface area (Å²) in [5.41, 5.74) is 2.04. The highest BCUT2D eigenvalue weighted by atomic mass is 16.3. The molecular weight excluding hydrogens is 288 g/mol.